The van der Waals surface area contributed by atoms with Crippen molar-refractivity contribution < 1.29 is 4.79 Å². The summed E-state index contributed by atoms with van der Waals surface area (Å²) in [4.78, 5) is 12.7. The maximum atomic E-state index is 12.7. The summed E-state index contributed by atoms with van der Waals surface area (Å²) in [5.41, 5.74) is 4.10. The smallest absolute Gasteiger partial charge is 0.234 e. The lowest BCUT2D eigenvalue weighted by Crippen LogP contribution is -2.18. The number of carbonyl (C=O) groups is 1. The highest BCUT2D eigenvalue weighted by Crippen LogP contribution is 2.32. The van der Waals surface area contributed by atoms with Gasteiger partial charge in [0, 0.05) is 5.69 Å². The van der Waals surface area contributed by atoms with Crippen LogP contribution in [0.1, 0.15) is 50.7 Å². The molecule has 0 aliphatic carbocycles. The van der Waals surface area contributed by atoms with E-state index in [-0.39, 0.29) is 11.7 Å². The lowest BCUT2D eigenvalue weighted by Gasteiger charge is -2.20. The topological polar surface area (TPSA) is 72.7 Å². The van der Waals surface area contributed by atoms with Gasteiger partial charge in [-0.3, -0.25) is 4.79 Å². The summed E-state index contributed by atoms with van der Waals surface area (Å²) in [6.07, 6.45) is 0. The lowest BCUT2D eigenvalue weighted by atomic mass is 9.92. The van der Waals surface area contributed by atoms with Gasteiger partial charge in [0.15, 0.2) is 0 Å². The predicted octanol–water partition coefficient (Wildman–Crippen LogP) is 4.64. The fraction of sp³-hybridized carbons (Fsp3) is 0.333. The summed E-state index contributed by atoms with van der Waals surface area (Å²) in [5, 5.41) is 15.5. The van der Waals surface area contributed by atoms with Gasteiger partial charge in [0.1, 0.15) is 0 Å². The van der Waals surface area contributed by atoms with Crippen molar-refractivity contribution in [2.75, 3.05) is 11.1 Å². The molecular weight excluding hydrogens is 370 g/mol. The Morgan fingerprint density at radius 3 is 2.25 bits per heavy atom. The number of para-hydroxylation sites is 2. The molecule has 0 bridgehead atoms. The first-order chi connectivity index (χ1) is 13.5. The number of thioether (sulfide) groups is 1. The molecule has 0 unspecified atom stereocenters. The zero-order valence-corrected chi connectivity index (χ0v) is 17.4. The maximum Gasteiger partial charge on any atom is 0.234 e. The average molecular weight is 396 g/mol. The average Bonchev–Trinajstić information content (AvgIpc) is 3.15. The summed E-state index contributed by atoms with van der Waals surface area (Å²) in [6.45, 7) is 8.55. The highest BCUT2D eigenvalue weighted by atomic mass is 32.2. The number of carbonyl (C=O) groups excluding carboxylic acids is 1. The Morgan fingerprint density at radius 1 is 1.00 bits per heavy atom. The number of aromatic nitrogens is 4. The fourth-order valence-electron chi connectivity index (χ4n) is 3.00. The highest BCUT2D eigenvalue weighted by Gasteiger charge is 2.17. The van der Waals surface area contributed by atoms with Gasteiger partial charge in [-0.1, -0.05) is 75.9 Å². The van der Waals surface area contributed by atoms with Crippen molar-refractivity contribution in [3.8, 4) is 5.69 Å². The lowest BCUT2D eigenvalue weighted by molar-refractivity contribution is -0.113. The summed E-state index contributed by atoms with van der Waals surface area (Å²) < 4.78 is 1.64. The molecule has 146 valence electrons. The number of anilines is 1. The molecule has 28 heavy (non-hydrogen) atoms. The standard InChI is InChI=1S/C21H25N5OS/c1-14(2)17-11-8-12-18(15(3)4)20(17)22-19(27)13-28-21-23-24-25-26(21)16-9-6-5-7-10-16/h5-12,14-15H,13H2,1-4H3,(H,22,27). The molecule has 0 atom stereocenters. The summed E-state index contributed by atoms with van der Waals surface area (Å²) in [5.74, 6) is 0.818. The van der Waals surface area contributed by atoms with E-state index in [1.807, 2.05) is 30.3 Å². The van der Waals surface area contributed by atoms with E-state index in [0.29, 0.717) is 17.0 Å². The quantitative estimate of drug-likeness (QED) is 0.590. The van der Waals surface area contributed by atoms with E-state index >= 15 is 0 Å². The summed E-state index contributed by atoms with van der Waals surface area (Å²) in [7, 11) is 0. The van der Waals surface area contributed by atoms with E-state index in [0.717, 1.165) is 22.5 Å². The van der Waals surface area contributed by atoms with Crippen LogP contribution in [0.15, 0.2) is 53.7 Å². The van der Waals surface area contributed by atoms with E-state index in [4.69, 9.17) is 0 Å². The Hall–Kier alpha value is -2.67. The minimum Gasteiger partial charge on any atom is -0.325 e. The van der Waals surface area contributed by atoms with Crippen LogP contribution in [0, 0.1) is 0 Å². The minimum absolute atomic E-state index is 0.0670. The molecule has 2 aromatic carbocycles. The molecule has 1 aromatic heterocycles. The number of hydrogen-bond donors (Lipinski definition) is 1. The number of amides is 1. The van der Waals surface area contributed by atoms with Crippen molar-refractivity contribution in [1.29, 1.82) is 0 Å². The molecule has 1 heterocycles. The summed E-state index contributed by atoms with van der Waals surface area (Å²) >= 11 is 1.32. The van der Waals surface area contributed by atoms with Gasteiger partial charge >= 0.3 is 0 Å². The Morgan fingerprint density at radius 2 is 1.64 bits per heavy atom. The van der Waals surface area contributed by atoms with Gasteiger partial charge < -0.3 is 5.32 Å². The van der Waals surface area contributed by atoms with Crippen LogP contribution in [-0.2, 0) is 4.79 Å². The fourth-order valence-corrected chi connectivity index (χ4v) is 3.69. The third kappa shape index (κ3) is 4.59. The van der Waals surface area contributed by atoms with Crippen LogP contribution in [-0.4, -0.2) is 31.9 Å². The van der Waals surface area contributed by atoms with E-state index in [2.05, 4.69) is 66.7 Å². The van der Waals surface area contributed by atoms with Gasteiger partial charge in [0.05, 0.1) is 11.4 Å². The highest BCUT2D eigenvalue weighted by molar-refractivity contribution is 7.99. The second-order valence-corrected chi connectivity index (χ2v) is 8.11. The van der Waals surface area contributed by atoms with Gasteiger partial charge in [-0.05, 0) is 45.5 Å². The molecule has 0 saturated heterocycles. The van der Waals surface area contributed by atoms with Crippen molar-refractivity contribution in [1.82, 2.24) is 20.2 Å². The molecule has 0 aliphatic heterocycles. The number of hydrogen-bond acceptors (Lipinski definition) is 5. The molecule has 1 N–H and O–H groups in total. The van der Waals surface area contributed by atoms with Crippen molar-refractivity contribution in [2.24, 2.45) is 0 Å². The van der Waals surface area contributed by atoms with Crippen LogP contribution in [0.4, 0.5) is 5.69 Å². The van der Waals surface area contributed by atoms with Crippen molar-refractivity contribution in [3.63, 3.8) is 0 Å². The predicted molar refractivity (Wildman–Crippen MR) is 113 cm³/mol. The molecule has 0 aliphatic rings. The molecule has 0 fully saturated rings. The molecule has 3 rings (SSSR count). The van der Waals surface area contributed by atoms with Crippen molar-refractivity contribution >= 4 is 23.4 Å². The van der Waals surface area contributed by atoms with Crippen LogP contribution in [0.25, 0.3) is 5.69 Å². The first-order valence-corrected chi connectivity index (χ1v) is 10.3. The molecule has 1 amide bonds. The van der Waals surface area contributed by atoms with Gasteiger partial charge in [-0.25, -0.2) is 0 Å². The molecule has 0 spiro atoms. The Kier molecular flexibility index (Phi) is 6.46. The third-order valence-corrected chi connectivity index (χ3v) is 5.33. The monoisotopic (exact) mass is 395 g/mol. The zero-order valence-electron chi connectivity index (χ0n) is 16.6. The third-order valence-electron chi connectivity index (χ3n) is 4.41. The first kappa shape index (κ1) is 20.1. The molecule has 0 saturated carbocycles. The Labute approximate surface area is 169 Å². The second-order valence-electron chi connectivity index (χ2n) is 7.17. The zero-order chi connectivity index (χ0) is 20.1. The van der Waals surface area contributed by atoms with Crippen molar-refractivity contribution in [3.05, 3.63) is 59.7 Å². The SMILES string of the molecule is CC(C)c1cccc(C(C)C)c1NC(=O)CSc1nnnn1-c1ccccc1. The molecular formula is C21H25N5OS. The van der Waals surface area contributed by atoms with Gasteiger partial charge in [-0.2, -0.15) is 4.68 Å². The number of nitrogens with zero attached hydrogens (tertiary/aromatic N) is 4. The van der Waals surface area contributed by atoms with E-state index in [9.17, 15) is 4.79 Å². The van der Waals surface area contributed by atoms with E-state index in [1.165, 1.54) is 11.8 Å². The van der Waals surface area contributed by atoms with Crippen LogP contribution in [0.5, 0.6) is 0 Å². The van der Waals surface area contributed by atoms with E-state index < -0.39 is 0 Å². The molecule has 0 radical (unpaired) electrons. The van der Waals surface area contributed by atoms with Gasteiger partial charge in [-0.15, -0.1) is 5.10 Å². The van der Waals surface area contributed by atoms with Crippen LogP contribution < -0.4 is 5.32 Å². The normalized spacial score (nSPS) is 11.2. The minimum atomic E-state index is -0.0670. The first-order valence-electron chi connectivity index (χ1n) is 9.36. The summed E-state index contributed by atoms with van der Waals surface area (Å²) in [6, 6.07) is 15.9. The molecule has 3 aromatic rings. The van der Waals surface area contributed by atoms with Gasteiger partial charge in [0.25, 0.3) is 0 Å². The maximum absolute atomic E-state index is 12.7. The Balaban J connectivity index is 1.74. The van der Waals surface area contributed by atoms with Crippen LogP contribution >= 0.6 is 11.8 Å². The number of rotatable bonds is 7. The Bertz CT molecular complexity index is 911. The van der Waals surface area contributed by atoms with Gasteiger partial charge in [0.2, 0.25) is 11.1 Å². The van der Waals surface area contributed by atoms with Crippen LogP contribution in [0.3, 0.4) is 0 Å². The van der Waals surface area contributed by atoms with E-state index in [1.54, 1.807) is 4.68 Å². The number of nitrogens with one attached hydrogen (secondary N) is 1. The second kappa shape index (κ2) is 9.01. The molecule has 7 heteroatoms. The number of benzene rings is 2. The van der Waals surface area contributed by atoms with Crippen molar-refractivity contribution in [2.45, 2.75) is 44.7 Å². The van der Waals surface area contributed by atoms with Crippen LogP contribution in [0.2, 0.25) is 0 Å². The molecule has 6 nitrogen and oxygen atoms in total. The largest absolute Gasteiger partial charge is 0.325 e. The number of tetrazole rings is 1.